The van der Waals surface area contributed by atoms with Crippen LogP contribution >= 0.6 is 24.0 Å². The summed E-state index contributed by atoms with van der Waals surface area (Å²) in [6.07, 6.45) is 1.48. The number of ether oxygens (including phenoxy) is 1. The van der Waals surface area contributed by atoms with Crippen molar-refractivity contribution in [1.29, 1.82) is 0 Å². The maximum Gasteiger partial charge on any atom is 0.339 e. The molecule has 1 fully saturated rings. The third-order valence-electron chi connectivity index (χ3n) is 3.57. The molecule has 1 aliphatic rings. The van der Waals surface area contributed by atoms with E-state index in [9.17, 15) is 14.4 Å². The number of thioether (sulfide) groups is 1. The molecule has 0 spiro atoms. The van der Waals surface area contributed by atoms with Gasteiger partial charge in [0.15, 0.2) is 0 Å². The number of para-hydroxylation sites is 1. The van der Waals surface area contributed by atoms with Gasteiger partial charge in [-0.1, -0.05) is 41.7 Å². The van der Waals surface area contributed by atoms with Crippen LogP contribution < -0.4 is 10.6 Å². The lowest BCUT2D eigenvalue weighted by Gasteiger charge is -2.09. The second-order valence-corrected chi connectivity index (χ2v) is 7.08. The Kier molecular flexibility index (Phi) is 6.72. The average Bonchev–Trinajstić information content (AvgIpc) is 2.93. The Morgan fingerprint density at radius 1 is 1.28 bits per heavy atom. The second kappa shape index (κ2) is 8.77. The van der Waals surface area contributed by atoms with E-state index in [-0.39, 0.29) is 18.2 Å². The van der Waals surface area contributed by atoms with Crippen LogP contribution in [-0.2, 0) is 14.3 Å². The molecule has 25 heavy (non-hydrogen) atoms. The van der Waals surface area contributed by atoms with Crippen LogP contribution in [0.3, 0.4) is 0 Å². The molecule has 0 aromatic heterocycles. The quantitative estimate of drug-likeness (QED) is 0.450. The lowest BCUT2D eigenvalue weighted by Crippen LogP contribution is -2.18. The van der Waals surface area contributed by atoms with Crippen LogP contribution in [0.2, 0.25) is 0 Å². The lowest BCUT2D eigenvalue weighted by molar-refractivity contribution is -0.116. The summed E-state index contributed by atoms with van der Waals surface area (Å²) in [4.78, 5) is 36.1. The molecule has 8 heteroatoms. The maximum absolute atomic E-state index is 12.1. The van der Waals surface area contributed by atoms with Crippen molar-refractivity contribution in [3.05, 3.63) is 40.3 Å². The first-order valence-electron chi connectivity index (χ1n) is 7.62. The average molecular weight is 378 g/mol. The minimum absolute atomic E-state index is 0.177. The molecule has 2 N–H and O–H groups in total. The zero-order valence-electron chi connectivity index (χ0n) is 13.9. The molecule has 1 heterocycles. The van der Waals surface area contributed by atoms with Gasteiger partial charge in [-0.15, -0.1) is 0 Å². The highest BCUT2D eigenvalue weighted by atomic mass is 32.2. The van der Waals surface area contributed by atoms with Gasteiger partial charge >= 0.3 is 5.97 Å². The summed E-state index contributed by atoms with van der Waals surface area (Å²) >= 11 is 6.21. The minimum atomic E-state index is -0.503. The fraction of sp³-hybridized carbons (Fsp3) is 0.294. The highest BCUT2D eigenvalue weighted by molar-refractivity contribution is 8.26. The number of hydrogen-bond donors (Lipinski definition) is 2. The van der Waals surface area contributed by atoms with E-state index in [1.165, 1.54) is 18.9 Å². The molecule has 1 saturated heterocycles. The molecule has 1 aromatic carbocycles. The van der Waals surface area contributed by atoms with Crippen LogP contribution in [0.1, 0.15) is 36.5 Å². The van der Waals surface area contributed by atoms with Gasteiger partial charge in [0.05, 0.1) is 23.3 Å². The van der Waals surface area contributed by atoms with E-state index in [4.69, 9.17) is 17.0 Å². The first-order chi connectivity index (χ1) is 11.9. The Morgan fingerprint density at radius 2 is 2.00 bits per heavy atom. The number of hydrogen-bond acceptors (Lipinski definition) is 6. The third-order valence-corrected chi connectivity index (χ3v) is 4.94. The number of amides is 2. The number of nitrogens with one attached hydrogen (secondary N) is 2. The summed E-state index contributed by atoms with van der Waals surface area (Å²) in [6, 6.07) is 6.67. The Bertz CT molecular complexity index is 759. The molecule has 2 amide bonds. The molecule has 2 rings (SSSR count). The summed E-state index contributed by atoms with van der Waals surface area (Å²) < 4.78 is 5.15. The Labute approximate surface area is 155 Å². The van der Waals surface area contributed by atoms with Crippen LogP contribution in [0.5, 0.6) is 0 Å². The molecule has 0 aliphatic carbocycles. The summed E-state index contributed by atoms with van der Waals surface area (Å²) in [5.41, 5.74) is 1.64. The van der Waals surface area contributed by atoms with Crippen LogP contribution in [0.15, 0.2) is 34.7 Å². The third kappa shape index (κ3) is 5.14. The number of thiocarbonyl (C=S) groups is 1. The van der Waals surface area contributed by atoms with E-state index in [2.05, 4.69) is 10.6 Å². The molecular formula is C17H18N2O4S2. The molecular weight excluding hydrogens is 360 g/mol. The van der Waals surface area contributed by atoms with E-state index in [0.717, 1.165) is 5.57 Å². The highest BCUT2D eigenvalue weighted by Crippen LogP contribution is 2.28. The van der Waals surface area contributed by atoms with Gasteiger partial charge in [-0.05, 0) is 31.9 Å². The number of anilines is 1. The van der Waals surface area contributed by atoms with Crippen molar-refractivity contribution in [2.45, 2.75) is 26.2 Å². The van der Waals surface area contributed by atoms with E-state index in [0.29, 0.717) is 33.3 Å². The molecule has 132 valence electrons. The monoisotopic (exact) mass is 378 g/mol. The van der Waals surface area contributed by atoms with E-state index < -0.39 is 5.97 Å². The molecule has 0 bridgehead atoms. The Hall–Kier alpha value is -2.19. The first-order valence-corrected chi connectivity index (χ1v) is 8.85. The van der Waals surface area contributed by atoms with Crippen molar-refractivity contribution >= 4 is 51.8 Å². The molecule has 1 aromatic rings. The normalized spacial score (nSPS) is 15.6. The van der Waals surface area contributed by atoms with Crippen LogP contribution in [-0.4, -0.2) is 29.2 Å². The fourth-order valence-corrected chi connectivity index (χ4v) is 3.41. The van der Waals surface area contributed by atoms with Gasteiger partial charge in [0.1, 0.15) is 4.32 Å². The number of rotatable bonds is 6. The number of esters is 1. The van der Waals surface area contributed by atoms with E-state index in [1.54, 1.807) is 24.3 Å². The van der Waals surface area contributed by atoms with Gasteiger partial charge in [0.25, 0.3) is 5.91 Å². The molecule has 0 unspecified atom stereocenters. The Balaban J connectivity index is 1.90. The molecule has 6 nitrogen and oxygen atoms in total. The van der Waals surface area contributed by atoms with Gasteiger partial charge in [-0.25, -0.2) is 4.79 Å². The zero-order valence-corrected chi connectivity index (χ0v) is 15.5. The lowest BCUT2D eigenvalue weighted by atomic mass is 10.1. The van der Waals surface area contributed by atoms with Crippen molar-refractivity contribution in [2.75, 3.05) is 12.4 Å². The number of carbonyl (C=O) groups excluding carboxylic acids is 3. The minimum Gasteiger partial charge on any atom is -0.465 e. The standard InChI is InChI=1S/C17H18N2O4S2/c1-10(14-15(21)19-17(24)25-14)6-5-9-13(20)18-12-8-4-3-7-11(12)16(22)23-2/h3-4,7-8H,5-6,9H2,1-2H3,(H,18,20)(H,19,21,24). The number of methoxy groups -OCH3 is 1. The van der Waals surface area contributed by atoms with Gasteiger partial charge in [-0.2, -0.15) is 0 Å². The summed E-state index contributed by atoms with van der Waals surface area (Å²) in [5.74, 6) is -0.881. The van der Waals surface area contributed by atoms with Crippen molar-refractivity contribution in [2.24, 2.45) is 0 Å². The van der Waals surface area contributed by atoms with Gasteiger partial charge < -0.3 is 15.4 Å². The topological polar surface area (TPSA) is 84.5 Å². The molecule has 1 aliphatic heterocycles. The van der Waals surface area contributed by atoms with Crippen molar-refractivity contribution in [3.8, 4) is 0 Å². The van der Waals surface area contributed by atoms with Crippen molar-refractivity contribution in [1.82, 2.24) is 5.32 Å². The van der Waals surface area contributed by atoms with Gasteiger partial charge in [0.2, 0.25) is 5.91 Å². The van der Waals surface area contributed by atoms with Crippen LogP contribution in [0, 0.1) is 0 Å². The smallest absolute Gasteiger partial charge is 0.339 e. The van der Waals surface area contributed by atoms with Gasteiger partial charge in [0, 0.05) is 6.42 Å². The predicted octanol–water partition coefficient (Wildman–Crippen LogP) is 3.00. The maximum atomic E-state index is 12.1. The van der Waals surface area contributed by atoms with Crippen LogP contribution in [0.4, 0.5) is 5.69 Å². The number of allylic oxidation sites excluding steroid dienone is 1. The largest absolute Gasteiger partial charge is 0.465 e. The van der Waals surface area contributed by atoms with Crippen molar-refractivity contribution < 1.29 is 19.1 Å². The number of carbonyl (C=O) groups is 3. The molecule has 0 atom stereocenters. The zero-order chi connectivity index (χ0) is 18.4. The number of benzene rings is 1. The van der Waals surface area contributed by atoms with E-state index in [1.807, 2.05) is 6.92 Å². The van der Waals surface area contributed by atoms with Gasteiger partial charge in [-0.3, -0.25) is 9.59 Å². The molecule has 0 saturated carbocycles. The van der Waals surface area contributed by atoms with Crippen LogP contribution in [0.25, 0.3) is 0 Å². The second-order valence-electron chi connectivity index (χ2n) is 5.39. The summed E-state index contributed by atoms with van der Waals surface area (Å²) in [7, 11) is 1.29. The molecule has 0 radical (unpaired) electrons. The first kappa shape index (κ1) is 19.1. The SMILES string of the molecule is COC(=O)c1ccccc1NC(=O)CCCC(C)=C1SC(=S)NC1=O. The summed E-state index contributed by atoms with van der Waals surface area (Å²) in [5, 5.41) is 5.30. The summed E-state index contributed by atoms with van der Waals surface area (Å²) in [6.45, 7) is 1.86. The van der Waals surface area contributed by atoms with Crippen molar-refractivity contribution in [3.63, 3.8) is 0 Å². The Morgan fingerprint density at radius 3 is 2.64 bits per heavy atom. The fourth-order valence-electron chi connectivity index (χ4n) is 2.32. The highest BCUT2D eigenvalue weighted by Gasteiger charge is 2.24. The predicted molar refractivity (Wildman–Crippen MR) is 101 cm³/mol. The van der Waals surface area contributed by atoms with E-state index >= 15 is 0 Å².